The van der Waals surface area contributed by atoms with Crippen molar-refractivity contribution in [3.8, 4) is 12.1 Å². The van der Waals surface area contributed by atoms with Gasteiger partial charge in [-0.3, -0.25) is 4.79 Å². The van der Waals surface area contributed by atoms with Crippen molar-refractivity contribution < 1.29 is 9.21 Å². The van der Waals surface area contributed by atoms with Crippen molar-refractivity contribution >= 4 is 34.1 Å². The highest BCUT2D eigenvalue weighted by Crippen LogP contribution is 2.39. The average molecular weight is 421 g/mol. The molecule has 1 heterocycles. The topological polar surface area (TPSA) is 98.1 Å². The molecule has 0 amide bonds. The molecule has 0 N–H and O–H groups in total. The third-order valence-corrected chi connectivity index (χ3v) is 5.60. The number of Topliss-reactive ketones (excluding diaryl/α,β-unsaturated/α-hetero) is 1. The zero-order chi connectivity index (χ0) is 22.8. The molecule has 0 unspecified atom stereocenters. The first-order valence-corrected chi connectivity index (χ1v) is 10.3. The van der Waals surface area contributed by atoms with Crippen LogP contribution >= 0.6 is 0 Å². The summed E-state index contributed by atoms with van der Waals surface area (Å²) in [5.74, 6) is -0.338. The Hall–Kier alpha value is -4.42. The van der Waals surface area contributed by atoms with Crippen LogP contribution < -0.4 is 10.5 Å². The van der Waals surface area contributed by atoms with Crippen molar-refractivity contribution in [2.75, 3.05) is 18.0 Å². The highest BCUT2D eigenvalue weighted by atomic mass is 16.4. The normalized spacial score (nSPS) is 13.7. The van der Waals surface area contributed by atoms with Crippen LogP contribution in [-0.2, 0) is 0 Å². The number of fused-ring (bicyclic) bond motifs is 2. The van der Waals surface area contributed by atoms with E-state index in [1.54, 1.807) is 30.3 Å². The minimum atomic E-state index is -0.597. The lowest BCUT2D eigenvalue weighted by molar-refractivity contribution is 0.104. The van der Waals surface area contributed by atoms with E-state index in [-0.39, 0.29) is 28.1 Å². The fraction of sp³-hybridized carbons (Fsp3) is 0.154. The maximum absolute atomic E-state index is 13.0. The number of carbonyl (C=O) groups excluding carboxylic acids is 1. The first kappa shape index (κ1) is 20.8. The SMILES string of the molecule is CCN(CC)c1ccc2cc(/C=C3\C(=O)c4ccccc4C3=C(C#N)C#N)c(=O)oc2c1. The number of carbonyl (C=O) groups is 1. The molecule has 1 aromatic heterocycles. The molecule has 156 valence electrons. The van der Waals surface area contributed by atoms with Gasteiger partial charge >= 0.3 is 5.63 Å². The number of rotatable bonds is 4. The summed E-state index contributed by atoms with van der Waals surface area (Å²) in [6.07, 6.45) is 1.41. The van der Waals surface area contributed by atoms with Gasteiger partial charge < -0.3 is 9.32 Å². The maximum atomic E-state index is 13.0. The quantitative estimate of drug-likeness (QED) is 0.343. The van der Waals surface area contributed by atoms with Crippen molar-refractivity contribution in [3.05, 3.63) is 86.8 Å². The maximum Gasteiger partial charge on any atom is 0.343 e. The van der Waals surface area contributed by atoms with Crippen molar-refractivity contribution in [1.29, 1.82) is 10.5 Å². The number of benzene rings is 2. The van der Waals surface area contributed by atoms with E-state index in [0.29, 0.717) is 22.1 Å². The summed E-state index contributed by atoms with van der Waals surface area (Å²) >= 11 is 0. The molecule has 3 aromatic rings. The molecule has 0 fully saturated rings. The van der Waals surface area contributed by atoms with Crippen LogP contribution in [0.2, 0.25) is 0 Å². The zero-order valence-electron chi connectivity index (χ0n) is 17.7. The fourth-order valence-corrected chi connectivity index (χ4v) is 4.00. The Bertz CT molecular complexity index is 1440. The molecule has 1 aliphatic rings. The van der Waals surface area contributed by atoms with Gasteiger partial charge in [0.1, 0.15) is 23.3 Å². The van der Waals surface area contributed by atoms with E-state index < -0.39 is 5.63 Å². The third kappa shape index (κ3) is 3.38. The van der Waals surface area contributed by atoms with Crippen molar-refractivity contribution in [1.82, 2.24) is 0 Å². The van der Waals surface area contributed by atoms with E-state index in [1.807, 2.05) is 30.3 Å². The van der Waals surface area contributed by atoms with Crippen molar-refractivity contribution in [2.24, 2.45) is 0 Å². The molecule has 2 aromatic carbocycles. The monoisotopic (exact) mass is 421 g/mol. The van der Waals surface area contributed by atoms with E-state index in [9.17, 15) is 20.1 Å². The average Bonchev–Trinajstić information content (AvgIpc) is 3.08. The number of ketones is 1. The molecule has 0 spiro atoms. The van der Waals surface area contributed by atoms with Crippen LogP contribution in [0.1, 0.15) is 35.3 Å². The van der Waals surface area contributed by atoms with Crippen LogP contribution in [0.5, 0.6) is 0 Å². The summed E-state index contributed by atoms with van der Waals surface area (Å²) in [4.78, 5) is 27.9. The summed E-state index contributed by atoms with van der Waals surface area (Å²) in [6.45, 7) is 5.76. The molecule has 6 heteroatoms. The number of anilines is 1. The zero-order valence-corrected chi connectivity index (χ0v) is 17.7. The Balaban J connectivity index is 1.89. The second-order valence-electron chi connectivity index (χ2n) is 7.29. The summed E-state index contributed by atoms with van der Waals surface area (Å²) in [7, 11) is 0. The fourth-order valence-electron chi connectivity index (χ4n) is 4.00. The third-order valence-electron chi connectivity index (χ3n) is 5.60. The molecule has 0 aliphatic heterocycles. The number of allylic oxidation sites excluding steroid dienone is 3. The molecule has 4 rings (SSSR count). The van der Waals surface area contributed by atoms with Gasteiger partial charge in [0.05, 0.1) is 5.56 Å². The van der Waals surface area contributed by atoms with Gasteiger partial charge in [-0.25, -0.2) is 4.79 Å². The molecule has 0 saturated carbocycles. The summed E-state index contributed by atoms with van der Waals surface area (Å²) in [5, 5.41) is 19.6. The van der Waals surface area contributed by atoms with Crippen LogP contribution in [0.4, 0.5) is 5.69 Å². The number of hydrogen-bond donors (Lipinski definition) is 0. The second-order valence-corrected chi connectivity index (χ2v) is 7.29. The van der Waals surface area contributed by atoms with Gasteiger partial charge in [0.25, 0.3) is 0 Å². The minimum absolute atomic E-state index is 0.135. The first-order valence-electron chi connectivity index (χ1n) is 10.3. The summed E-state index contributed by atoms with van der Waals surface area (Å²) < 4.78 is 5.56. The van der Waals surface area contributed by atoms with Gasteiger partial charge in [-0.05, 0) is 43.7 Å². The molecular formula is C26H19N3O3. The van der Waals surface area contributed by atoms with Crippen molar-refractivity contribution in [2.45, 2.75) is 13.8 Å². The smallest absolute Gasteiger partial charge is 0.343 e. The number of nitrogens with zero attached hydrogens (tertiary/aromatic N) is 3. The highest BCUT2D eigenvalue weighted by Gasteiger charge is 2.32. The molecule has 32 heavy (non-hydrogen) atoms. The standard InChI is InChI=1S/C26H19N3O3/c1-3-29(4-2)19-10-9-16-11-17(26(31)32-23(16)13-19)12-22-24(18(14-27)15-28)20-7-5-6-8-21(20)25(22)30/h5-13H,3-4H2,1-2H3/b22-12-. The lowest BCUT2D eigenvalue weighted by Crippen LogP contribution is -2.21. The van der Waals surface area contributed by atoms with Crippen LogP contribution in [0.15, 0.2) is 68.9 Å². The number of hydrogen-bond acceptors (Lipinski definition) is 6. The molecule has 6 nitrogen and oxygen atoms in total. The number of nitriles is 2. The van der Waals surface area contributed by atoms with E-state index in [2.05, 4.69) is 18.7 Å². The molecular weight excluding hydrogens is 402 g/mol. The van der Waals surface area contributed by atoms with Crippen LogP contribution in [0.3, 0.4) is 0 Å². The van der Waals surface area contributed by atoms with Crippen LogP contribution in [0, 0.1) is 22.7 Å². The van der Waals surface area contributed by atoms with E-state index in [4.69, 9.17) is 4.42 Å². The van der Waals surface area contributed by atoms with E-state index in [0.717, 1.165) is 18.8 Å². The largest absolute Gasteiger partial charge is 0.422 e. The lowest BCUT2D eigenvalue weighted by Gasteiger charge is -2.20. The Morgan fingerprint density at radius 1 is 1.00 bits per heavy atom. The van der Waals surface area contributed by atoms with Crippen molar-refractivity contribution in [3.63, 3.8) is 0 Å². The Labute approximate surface area is 184 Å². The Morgan fingerprint density at radius 2 is 1.69 bits per heavy atom. The molecule has 0 bridgehead atoms. The molecule has 0 saturated heterocycles. The lowest BCUT2D eigenvalue weighted by atomic mass is 9.98. The molecule has 1 aliphatic carbocycles. The first-order chi connectivity index (χ1) is 15.5. The molecule has 0 radical (unpaired) electrons. The second kappa shape index (κ2) is 8.37. The van der Waals surface area contributed by atoms with Gasteiger partial charge in [0, 0.05) is 46.9 Å². The van der Waals surface area contributed by atoms with Crippen LogP contribution in [0.25, 0.3) is 22.6 Å². The Morgan fingerprint density at radius 3 is 2.34 bits per heavy atom. The summed E-state index contributed by atoms with van der Waals surface area (Å²) in [5.41, 5.74) is 2.09. The van der Waals surface area contributed by atoms with E-state index in [1.165, 1.54) is 6.08 Å². The van der Waals surface area contributed by atoms with Crippen LogP contribution in [-0.4, -0.2) is 18.9 Å². The van der Waals surface area contributed by atoms with Gasteiger partial charge in [0.15, 0.2) is 5.78 Å². The predicted molar refractivity (Wildman–Crippen MR) is 123 cm³/mol. The van der Waals surface area contributed by atoms with E-state index >= 15 is 0 Å². The minimum Gasteiger partial charge on any atom is -0.422 e. The predicted octanol–water partition coefficient (Wildman–Crippen LogP) is 4.72. The van der Waals surface area contributed by atoms with Gasteiger partial charge in [-0.1, -0.05) is 24.3 Å². The van der Waals surface area contributed by atoms with Gasteiger partial charge in [-0.15, -0.1) is 0 Å². The highest BCUT2D eigenvalue weighted by molar-refractivity contribution is 6.29. The summed E-state index contributed by atoms with van der Waals surface area (Å²) in [6, 6.07) is 17.8. The van der Waals surface area contributed by atoms with Gasteiger partial charge in [-0.2, -0.15) is 10.5 Å². The molecule has 0 atom stereocenters. The van der Waals surface area contributed by atoms with Gasteiger partial charge in [0.2, 0.25) is 0 Å². The Kier molecular flexibility index (Phi) is 5.45.